The van der Waals surface area contributed by atoms with E-state index >= 15 is 0 Å². The standard InChI is InChI=1S/C22H37ClNO2/c1-3-5-7-8-9-10-11-12-13-14-19-26-22(25)20-16-15-18-24(21(20)23)17-6-4-2/h15-16,18H,3-14,17,19H2,1-2H3/q+1. The fourth-order valence-electron chi connectivity index (χ4n) is 3.02. The molecular formula is C22H37ClNO2+. The van der Waals surface area contributed by atoms with Crippen molar-refractivity contribution >= 4 is 17.6 Å². The zero-order valence-electron chi connectivity index (χ0n) is 16.8. The molecule has 0 atom stereocenters. The minimum Gasteiger partial charge on any atom is -0.462 e. The van der Waals surface area contributed by atoms with Crippen LogP contribution in [0.5, 0.6) is 0 Å². The van der Waals surface area contributed by atoms with E-state index in [2.05, 4.69) is 13.8 Å². The van der Waals surface area contributed by atoms with Gasteiger partial charge in [-0.2, -0.15) is 4.57 Å². The summed E-state index contributed by atoms with van der Waals surface area (Å²) in [5.41, 5.74) is 0.470. The molecule has 0 saturated carbocycles. The Morgan fingerprint density at radius 2 is 1.50 bits per heavy atom. The topological polar surface area (TPSA) is 30.2 Å². The van der Waals surface area contributed by atoms with Gasteiger partial charge in [0, 0.05) is 12.5 Å². The van der Waals surface area contributed by atoms with Crippen LogP contribution in [0.1, 0.15) is 101 Å². The highest BCUT2D eigenvalue weighted by Crippen LogP contribution is 2.14. The fourth-order valence-corrected chi connectivity index (χ4v) is 3.30. The van der Waals surface area contributed by atoms with Crippen LogP contribution in [0.2, 0.25) is 5.15 Å². The molecule has 0 fully saturated rings. The molecule has 1 rings (SSSR count). The Kier molecular flexibility index (Phi) is 13.3. The van der Waals surface area contributed by atoms with Crippen molar-refractivity contribution in [2.24, 2.45) is 0 Å². The summed E-state index contributed by atoms with van der Waals surface area (Å²) < 4.78 is 7.32. The average molecular weight is 383 g/mol. The number of ether oxygens (including phenoxy) is 1. The molecule has 0 N–H and O–H groups in total. The molecule has 0 saturated heterocycles. The van der Waals surface area contributed by atoms with E-state index in [0.717, 1.165) is 32.2 Å². The Hall–Kier alpha value is -1.09. The number of hydrogen-bond acceptors (Lipinski definition) is 2. The Morgan fingerprint density at radius 3 is 2.12 bits per heavy atom. The molecule has 0 aromatic carbocycles. The maximum atomic E-state index is 12.2. The second-order valence-electron chi connectivity index (χ2n) is 7.08. The third-order valence-electron chi connectivity index (χ3n) is 4.71. The molecule has 0 amide bonds. The monoisotopic (exact) mass is 382 g/mol. The first-order valence-corrected chi connectivity index (χ1v) is 10.9. The van der Waals surface area contributed by atoms with Crippen molar-refractivity contribution in [3.63, 3.8) is 0 Å². The number of aryl methyl sites for hydroxylation is 1. The molecule has 4 heteroatoms. The number of carbonyl (C=O) groups excluding carboxylic acids is 1. The lowest BCUT2D eigenvalue weighted by Gasteiger charge is -2.06. The van der Waals surface area contributed by atoms with Crippen LogP contribution in [0, 0.1) is 0 Å². The van der Waals surface area contributed by atoms with E-state index < -0.39 is 0 Å². The van der Waals surface area contributed by atoms with Crippen molar-refractivity contribution in [2.75, 3.05) is 6.61 Å². The molecule has 0 bridgehead atoms. The van der Waals surface area contributed by atoms with Gasteiger partial charge >= 0.3 is 5.97 Å². The minimum absolute atomic E-state index is 0.309. The number of esters is 1. The summed E-state index contributed by atoms with van der Waals surface area (Å²) in [4.78, 5) is 12.2. The number of rotatable bonds is 15. The number of unbranched alkanes of at least 4 members (excludes halogenated alkanes) is 10. The zero-order chi connectivity index (χ0) is 19.0. The summed E-state index contributed by atoms with van der Waals surface area (Å²) in [5.74, 6) is -0.309. The van der Waals surface area contributed by atoms with Crippen molar-refractivity contribution in [2.45, 2.75) is 97.4 Å². The summed E-state index contributed by atoms with van der Waals surface area (Å²) in [6, 6.07) is 3.60. The predicted molar refractivity (Wildman–Crippen MR) is 109 cm³/mol. The number of nitrogens with zero attached hydrogens (tertiary/aromatic N) is 1. The number of carbonyl (C=O) groups is 1. The number of halogens is 1. The van der Waals surface area contributed by atoms with E-state index in [0.29, 0.717) is 17.3 Å². The van der Waals surface area contributed by atoms with E-state index in [9.17, 15) is 4.79 Å². The van der Waals surface area contributed by atoms with Crippen molar-refractivity contribution in [1.29, 1.82) is 0 Å². The highest BCUT2D eigenvalue weighted by atomic mass is 35.5. The SMILES string of the molecule is CCCCCCCCCCCCOC(=O)c1ccc[n+](CCCC)c1Cl. The van der Waals surface area contributed by atoms with Crippen molar-refractivity contribution < 1.29 is 14.1 Å². The number of hydrogen-bond donors (Lipinski definition) is 0. The van der Waals surface area contributed by atoms with Gasteiger partial charge in [0.2, 0.25) is 0 Å². The molecule has 3 nitrogen and oxygen atoms in total. The van der Waals surface area contributed by atoms with Gasteiger partial charge in [-0.15, -0.1) is 0 Å². The lowest BCUT2D eigenvalue weighted by molar-refractivity contribution is -0.695. The normalized spacial score (nSPS) is 10.9. The first-order valence-electron chi connectivity index (χ1n) is 10.6. The van der Waals surface area contributed by atoms with Gasteiger partial charge in [-0.1, -0.05) is 78.1 Å². The maximum Gasteiger partial charge on any atom is 0.345 e. The van der Waals surface area contributed by atoms with Crippen LogP contribution in [-0.4, -0.2) is 12.6 Å². The summed E-state index contributed by atoms with van der Waals surface area (Å²) in [6.45, 7) is 5.70. The zero-order valence-corrected chi connectivity index (χ0v) is 17.5. The van der Waals surface area contributed by atoms with Gasteiger partial charge < -0.3 is 4.74 Å². The largest absolute Gasteiger partial charge is 0.462 e. The molecular weight excluding hydrogens is 346 g/mol. The van der Waals surface area contributed by atoms with Gasteiger partial charge in [-0.05, 0) is 24.1 Å². The molecule has 0 aliphatic heterocycles. The van der Waals surface area contributed by atoms with E-state index in [1.165, 1.54) is 51.4 Å². The Labute approximate surface area is 165 Å². The smallest absolute Gasteiger partial charge is 0.345 e. The van der Waals surface area contributed by atoms with Crippen LogP contribution in [0.15, 0.2) is 18.3 Å². The summed E-state index contributed by atoms with van der Waals surface area (Å²) in [5, 5.41) is 0.481. The average Bonchev–Trinajstić information content (AvgIpc) is 2.65. The van der Waals surface area contributed by atoms with E-state index in [1.807, 2.05) is 16.8 Å². The minimum atomic E-state index is -0.309. The molecule has 26 heavy (non-hydrogen) atoms. The van der Waals surface area contributed by atoms with Crippen molar-refractivity contribution in [3.05, 3.63) is 29.0 Å². The van der Waals surface area contributed by atoms with E-state index in [-0.39, 0.29) is 5.97 Å². The van der Waals surface area contributed by atoms with Crippen molar-refractivity contribution in [1.82, 2.24) is 0 Å². The Bertz CT molecular complexity index is 505. The Balaban J connectivity index is 2.15. The molecule has 0 radical (unpaired) electrons. The molecule has 0 aliphatic rings. The molecule has 0 aliphatic carbocycles. The second kappa shape index (κ2) is 15.0. The molecule has 1 aromatic rings. The van der Waals surface area contributed by atoms with Gasteiger partial charge in [0.05, 0.1) is 6.61 Å². The third kappa shape index (κ3) is 9.56. The number of aromatic nitrogens is 1. The van der Waals surface area contributed by atoms with Crippen LogP contribution >= 0.6 is 11.6 Å². The van der Waals surface area contributed by atoms with Crippen LogP contribution in [-0.2, 0) is 11.3 Å². The van der Waals surface area contributed by atoms with Crippen LogP contribution in [0.3, 0.4) is 0 Å². The van der Waals surface area contributed by atoms with Crippen LogP contribution in [0.4, 0.5) is 0 Å². The molecule has 1 heterocycles. The lowest BCUT2D eigenvalue weighted by atomic mass is 10.1. The van der Waals surface area contributed by atoms with Gasteiger partial charge in [-0.3, -0.25) is 0 Å². The highest BCUT2D eigenvalue weighted by molar-refractivity contribution is 6.31. The van der Waals surface area contributed by atoms with E-state index in [4.69, 9.17) is 16.3 Å². The van der Waals surface area contributed by atoms with Gasteiger partial charge in [0.1, 0.15) is 12.1 Å². The lowest BCUT2D eigenvalue weighted by Crippen LogP contribution is -2.36. The first kappa shape index (κ1) is 23.0. The molecule has 0 spiro atoms. The van der Waals surface area contributed by atoms with Gasteiger partial charge in [-0.25, -0.2) is 4.79 Å². The Morgan fingerprint density at radius 1 is 0.923 bits per heavy atom. The van der Waals surface area contributed by atoms with Crippen molar-refractivity contribution in [3.8, 4) is 0 Å². The summed E-state index contributed by atoms with van der Waals surface area (Å²) >= 11 is 6.34. The fraction of sp³-hybridized carbons (Fsp3) is 0.727. The quantitative estimate of drug-likeness (QED) is 0.150. The summed E-state index contributed by atoms with van der Waals surface area (Å²) in [7, 11) is 0. The van der Waals surface area contributed by atoms with E-state index in [1.54, 1.807) is 6.07 Å². The molecule has 0 unspecified atom stereocenters. The predicted octanol–water partition coefficient (Wildman–Crippen LogP) is 6.51. The maximum absolute atomic E-state index is 12.2. The van der Waals surface area contributed by atoms with Gasteiger partial charge in [0.15, 0.2) is 6.20 Å². The highest BCUT2D eigenvalue weighted by Gasteiger charge is 2.20. The molecule has 1 aromatic heterocycles. The van der Waals surface area contributed by atoms with Crippen LogP contribution < -0.4 is 4.57 Å². The second-order valence-corrected chi connectivity index (χ2v) is 7.44. The number of pyridine rings is 1. The molecule has 148 valence electrons. The van der Waals surface area contributed by atoms with Gasteiger partial charge in [0.25, 0.3) is 5.15 Å². The summed E-state index contributed by atoms with van der Waals surface area (Å²) in [6.07, 6.45) is 16.8. The van der Waals surface area contributed by atoms with Crippen LogP contribution in [0.25, 0.3) is 0 Å². The third-order valence-corrected chi connectivity index (χ3v) is 5.13. The first-order chi connectivity index (χ1) is 12.7.